The lowest BCUT2D eigenvalue weighted by Crippen LogP contribution is -2.48. The maximum atomic E-state index is 11.0. The Morgan fingerprint density at radius 2 is 1.69 bits per heavy atom. The second-order valence-electron chi connectivity index (χ2n) is 4.22. The fraction of sp³-hybridized carbons (Fsp3) is 0.818. The topological polar surface area (TPSA) is 61.8 Å². The number of hydrogen-bond acceptors (Lipinski definition) is 5. The zero-order chi connectivity index (χ0) is 12.3. The standard InChI is InChI=1S/C11H18O5/c1-6-5-14-11(16-9(4)13)10(7(6)2)15-8(3)12/h6-7,10-11H,5H2,1-4H3/t6-,7-,10-,11-/m1/s1. The third-order valence-electron chi connectivity index (χ3n) is 2.79. The van der Waals surface area contributed by atoms with E-state index in [2.05, 4.69) is 0 Å². The Morgan fingerprint density at radius 3 is 2.19 bits per heavy atom. The van der Waals surface area contributed by atoms with Crippen LogP contribution in [0.5, 0.6) is 0 Å². The molecule has 4 atom stereocenters. The van der Waals surface area contributed by atoms with Crippen LogP contribution in [0.1, 0.15) is 27.7 Å². The lowest BCUT2D eigenvalue weighted by Gasteiger charge is -2.38. The highest BCUT2D eigenvalue weighted by Gasteiger charge is 2.40. The van der Waals surface area contributed by atoms with Crippen molar-refractivity contribution in [3.05, 3.63) is 0 Å². The fourth-order valence-corrected chi connectivity index (χ4v) is 1.68. The summed E-state index contributed by atoms with van der Waals surface area (Å²) in [6.07, 6.45) is -1.31. The predicted octanol–water partition coefficient (Wildman–Crippen LogP) is 1.11. The van der Waals surface area contributed by atoms with Crippen LogP contribution in [0.3, 0.4) is 0 Å². The van der Waals surface area contributed by atoms with Gasteiger partial charge in [0.25, 0.3) is 0 Å². The Bertz CT molecular complexity index is 276. The molecule has 1 aliphatic heterocycles. The summed E-state index contributed by atoms with van der Waals surface area (Å²) in [5.74, 6) is -0.478. The summed E-state index contributed by atoms with van der Waals surface area (Å²) in [7, 11) is 0. The van der Waals surface area contributed by atoms with Gasteiger partial charge in [0.1, 0.15) is 0 Å². The van der Waals surface area contributed by atoms with E-state index >= 15 is 0 Å². The number of esters is 2. The van der Waals surface area contributed by atoms with Crippen molar-refractivity contribution in [3.63, 3.8) is 0 Å². The van der Waals surface area contributed by atoms with Gasteiger partial charge in [0.2, 0.25) is 6.29 Å². The molecule has 0 spiro atoms. The molecule has 0 saturated carbocycles. The molecule has 0 amide bonds. The molecule has 1 aliphatic rings. The van der Waals surface area contributed by atoms with Crippen molar-refractivity contribution >= 4 is 11.9 Å². The molecule has 0 radical (unpaired) electrons. The lowest BCUT2D eigenvalue weighted by atomic mass is 9.88. The van der Waals surface area contributed by atoms with Crippen molar-refractivity contribution < 1.29 is 23.8 Å². The van der Waals surface area contributed by atoms with Crippen LogP contribution < -0.4 is 0 Å². The molecule has 16 heavy (non-hydrogen) atoms. The molecule has 0 N–H and O–H groups in total. The zero-order valence-corrected chi connectivity index (χ0v) is 10.1. The van der Waals surface area contributed by atoms with Gasteiger partial charge in [-0.25, -0.2) is 0 Å². The molecule has 0 aromatic carbocycles. The van der Waals surface area contributed by atoms with Crippen LogP contribution >= 0.6 is 0 Å². The highest BCUT2D eigenvalue weighted by molar-refractivity contribution is 5.67. The summed E-state index contributed by atoms with van der Waals surface area (Å²) >= 11 is 0. The van der Waals surface area contributed by atoms with Gasteiger partial charge >= 0.3 is 11.9 Å². The molecule has 5 heteroatoms. The first-order valence-electron chi connectivity index (χ1n) is 5.38. The predicted molar refractivity (Wildman–Crippen MR) is 55.4 cm³/mol. The van der Waals surface area contributed by atoms with Crippen LogP contribution in [0.4, 0.5) is 0 Å². The Kier molecular flexibility index (Phi) is 4.29. The molecule has 0 aromatic rings. The second-order valence-corrected chi connectivity index (χ2v) is 4.22. The van der Waals surface area contributed by atoms with Crippen LogP contribution in [0.15, 0.2) is 0 Å². The van der Waals surface area contributed by atoms with Gasteiger partial charge in [0.05, 0.1) is 6.61 Å². The first kappa shape index (κ1) is 13.0. The van der Waals surface area contributed by atoms with Crippen molar-refractivity contribution in [2.24, 2.45) is 11.8 Å². The average molecular weight is 230 g/mol. The molecule has 1 rings (SSSR count). The van der Waals surface area contributed by atoms with E-state index in [1.54, 1.807) is 0 Å². The SMILES string of the molecule is CC(=O)O[C@H]1OC[C@@H](C)[C@@H](C)[C@H]1OC(C)=O. The number of ether oxygens (including phenoxy) is 3. The van der Waals surface area contributed by atoms with E-state index in [9.17, 15) is 9.59 Å². The van der Waals surface area contributed by atoms with Crippen molar-refractivity contribution in [3.8, 4) is 0 Å². The summed E-state index contributed by atoms with van der Waals surface area (Å²) in [4.78, 5) is 21.9. The third-order valence-corrected chi connectivity index (χ3v) is 2.79. The molecule has 92 valence electrons. The second kappa shape index (κ2) is 5.30. The van der Waals surface area contributed by atoms with Crippen LogP contribution in [0, 0.1) is 11.8 Å². The quantitative estimate of drug-likeness (QED) is 0.665. The van der Waals surface area contributed by atoms with E-state index < -0.39 is 24.3 Å². The molecular formula is C11H18O5. The molecule has 1 heterocycles. The minimum atomic E-state index is -0.785. The van der Waals surface area contributed by atoms with E-state index in [1.165, 1.54) is 13.8 Å². The van der Waals surface area contributed by atoms with Crippen molar-refractivity contribution in [1.29, 1.82) is 0 Å². The van der Waals surface area contributed by atoms with E-state index in [0.717, 1.165) is 0 Å². The summed E-state index contributed by atoms with van der Waals surface area (Å²) in [5, 5.41) is 0. The molecule has 0 bridgehead atoms. The normalized spacial score (nSPS) is 34.2. The maximum absolute atomic E-state index is 11.0. The molecule has 0 unspecified atom stereocenters. The third kappa shape index (κ3) is 3.20. The first-order chi connectivity index (χ1) is 7.41. The summed E-state index contributed by atoms with van der Waals surface area (Å²) in [6.45, 7) is 7.09. The lowest BCUT2D eigenvalue weighted by molar-refractivity contribution is -0.244. The molecule has 1 saturated heterocycles. The van der Waals surface area contributed by atoms with Gasteiger partial charge < -0.3 is 14.2 Å². The Hall–Kier alpha value is -1.10. The Balaban J connectivity index is 2.72. The average Bonchev–Trinajstić information content (AvgIpc) is 2.16. The fourth-order valence-electron chi connectivity index (χ4n) is 1.68. The number of carbonyl (C=O) groups is 2. The Morgan fingerprint density at radius 1 is 1.12 bits per heavy atom. The van der Waals surface area contributed by atoms with E-state index in [1.807, 2.05) is 13.8 Å². The summed E-state index contributed by atoms with van der Waals surface area (Å²) in [5.41, 5.74) is 0. The van der Waals surface area contributed by atoms with Gasteiger partial charge in [-0.15, -0.1) is 0 Å². The molecule has 5 nitrogen and oxygen atoms in total. The van der Waals surface area contributed by atoms with Crippen molar-refractivity contribution in [2.75, 3.05) is 6.61 Å². The summed E-state index contributed by atoms with van der Waals surface area (Å²) < 4.78 is 15.5. The smallest absolute Gasteiger partial charge is 0.305 e. The molecular weight excluding hydrogens is 212 g/mol. The number of hydrogen-bond donors (Lipinski definition) is 0. The zero-order valence-electron chi connectivity index (χ0n) is 10.1. The van der Waals surface area contributed by atoms with Crippen molar-refractivity contribution in [2.45, 2.75) is 40.1 Å². The van der Waals surface area contributed by atoms with Crippen LogP contribution in [0.25, 0.3) is 0 Å². The highest BCUT2D eigenvalue weighted by Crippen LogP contribution is 2.28. The maximum Gasteiger partial charge on any atom is 0.305 e. The van der Waals surface area contributed by atoms with Gasteiger partial charge in [0.15, 0.2) is 6.10 Å². The minimum absolute atomic E-state index is 0.0991. The number of rotatable bonds is 2. The first-order valence-corrected chi connectivity index (χ1v) is 5.38. The van der Waals surface area contributed by atoms with Crippen molar-refractivity contribution in [1.82, 2.24) is 0 Å². The van der Waals surface area contributed by atoms with Crippen LogP contribution in [-0.4, -0.2) is 30.9 Å². The van der Waals surface area contributed by atoms with E-state index in [4.69, 9.17) is 14.2 Å². The van der Waals surface area contributed by atoms with E-state index in [-0.39, 0.29) is 11.8 Å². The molecule has 1 fully saturated rings. The monoisotopic (exact) mass is 230 g/mol. The van der Waals surface area contributed by atoms with Crippen LogP contribution in [0.2, 0.25) is 0 Å². The largest absolute Gasteiger partial charge is 0.456 e. The number of carbonyl (C=O) groups excluding carboxylic acids is 2. The Labute approximate surface area is 95.0 Å². The molecule has 0 aromatic heterocycles. The molecule has 0 aliphatic carbocycles. The minimum Gasteiger partial charge on any atom is -0.456 e. The van der Waals surface area contributed by atoms with Gasteiger partial charge in [-0.1, -0.05) is 13.8 Å². The highest BCUT2D eigenvalue weighted by atomic mass is 16.7. The van der Waals surface area contributed by atoms with Crippen LogP contribution in [-0.2, 0) is 23.8 Å². The van der Waals surface area contributed by atoms with E-state index in [0.29, 0.717) is 6.61 Å². The van der Waals surface area contributed by atoms with Gasteiger partial charge in [0, 0.05) is 19.8 Å². The van der Waals surface area contributed by atoms with Gasteiger partial charge in [-0.05, 0) is 5.92 Å². The van der Waals surface area contributed by atoms with Gasteiger partial charge in [-0.2, -0.15) is 0 Å². The summed E-state index contributed by atoms with van der Waals surface area (Å²) in [6, 6.07) is 0. The van der Waals surface area contributed by atoms with Gasteiger partial charge in [-0.3, -0.25) is 9.59 Å².